The van der Waals surface area contributed by atoms with Crippen LogP contribution in [0.3, 0.4) is 0 Å². The van der Waals surface area contributed by atoms with Crippen LogP contribution >= 0.6 is 0 Å². The molecule has 0 aliphatic carbocycles. The van der Waals surface area contributed by atoms with Crippen molar-refractivity contribution >= 4 is 16.8 Å². The van der Waals surface area contributed by atoms with Crippen molar-refractivity contribution in [1.29, 1.82) is 5.26 Å². The highest BCUT2D eigenvalue weighted by Crippen LogP contribution is 2.31. The zero-order chi connectivity index (χ0) is 19.0. The second-order valence-electron chi connectivity index (χ2n) is 6.82. The average Bonchev–Trinajstić information content (AvgIpc) is 3.30. The highest BCUT2D eigenvalue weighted by atomic mass is 16.5. The van der Waals surface area contributed by atoms with Crippen LogP contribution in [-0.2, 0) is 4.79 Å². The molecule has 27 heavy (non-hydrogen) atoms. The maximum atomic E-state index is 11.5. The number of nitrogens with one attached hydrogen (secondary N) is 1. The topological polar surface area (TPSA) is 82.0 Å². The van der Waals surface area contributed by atoms with E-state index in [2.05, 4.69) is 11.1 Å². The Balaban J connectivity index is 1.60. The molecule has 1 unspecified atom stereocenters. The Bertz CT molecular complexity index is 1060. The lowest BCUT2D eigenvalue weighted by Gasteiger charge is -2.17. The third-order valence-corrected chi connectivity index (χ3v) is 5.03. The van der Waals surface area contributed by atoms with Gasteiger partial charge < -0.3 is 14.6 Å². The van der Waals surface area contributed by atoms with Gasteiger partial charge in [0.05, 0.1) is 29.0 Å². The van der Waals surface area contributed by atoms with Gasteiger partial charge in [-0.2, -0.15) is 5.26 Å². The number of benzene rings is 1. The van der Waals surface area contributed by atoms with Crippen molar-refractivity contribution in [3.05, 3.63) is 47.8 Å². The van der Waals surface area contributed by atoms with Crippen molar-refractivity contribution in [3.63, 3.8) is 0 Å². The smallest absolute Gasteiger partial charge is 0.219 e. The number of para-hydroxylation sites is 1. The van der Waals surface area contributed by atoms with Crippen molar-refractivity contribution in [2.45, 2.75) is 26.4 Å². The van der Waals surface area contributed by atoms with E-state index in [0.29, 0.717) is 12.1 Å². The van der Waals surface area contributed by atoms with Gasteiger partial charge in [-0.05, 0) is 25.1 Å². The van der Waals surface area contributed by atoms with Crippen molar-refractivity contribution in [1.82, 2.24) is 14.9 Å². The van der Waals surface area contributed by atoms with Crippen LogP contribution in [0.25, 0.3) is 22.2 Å². The minimum Gasteiger partial charge on any atom is -0.487 e. The second-order valence-corrected chi connectivity index (χ2v) is 6.82. The molecule has 6 nitrogen and oxygen atoms in total. The van der Waals surface area contributed by atoms with E-state index in [1.54, 1.807) is 17.9 Å². The van der Waals surface area contributed by atoms with Crippen LogP contribution in [0.4, 0.5) is 0 Å². The Morgan fingerprint density at radius 3 is 2.93 bits per heavy atom. The van der Waals surface area contributed by atoms with Crippen LogP contribution in [0.5, 0.6) is 5.75 Å². The normalized spacial score (nSPS) is 16.5. The standard InChI is InChI=1S/C21H20N4O2/c1-13-20(27-16-8-9-25(12-16)14(2)26)7-6-19(24-13)18-11-23-21-15(10-22)4-3-5-17(18)21/h3-7,11,16,23H,8-9,12H2,1-2H3. The Kier molecular flexibility index (Phi) is 4.28. The summed E-state index contributed by atoms with van der Waals surface area (Å²) in [5, 5.41) is 10.2. The predicted octanol–water partition coefficient (Wildman–Crippen LogP) is 3.41. The molecule has 1 saturated heterocycles. The summed E-state index contributed by atoms with van der Waals surface area (Å²) in [7, 11) is 0. The number of carbonyl (C=O) groups is 1. The molecule has 0 spiro atoms. The molecule has 3 aromatic rings. The van der Waals surface area contributed by atoms with Gasteiger partial charge in [0, 0.05) is 37.0 Å². The van der Waals surface area contributed by atoms with Crippen LogP contribution in [0.15, 0.2) is 36.5 Å². The van der Waals surface area contributed by atoms with Gasteiger partial charge >= 0.3 is 0 Å². The van der Waals surface area contributed by atoms with Gasteiger partial charge in [-0.3, -0.25) is 4.79 Å². The molecule has 1 amide bonds. The second kappa shape index (κ2) is 6.76. The lowest BCUT2D eigenvalue weighted by molar-refractivity contribution is -0.128. The molecule has 0 saturated carbocycles. The predicted molar refractivity (Wildman–Crippen MR) is 102 cm³/mol. The zero-order valence-electron chi connectivity index (χ0n) is 15.3. The number of amides is 1. The third kappa shape index (κ3) is 3.13. The molecule has 136 valence electrons. The first-order valence-corrected chi connectivity index (χ1v) is 8.97. The van der Waals surface area contributed by atoms with Crippen molar-refractivity contribution < 1.29 is 9.53 Å². The fourth-order valence-electron chi connectivity index (χ4n) is 3.57. The first-order valence-electron chi connectivity index (χ1n) is 8.97. The monoisotopic (exact) mass is 360 g/mol. The van der Waals surface area contributed by atoms with Crippen LogP contribution in [-0.4, -0.2) is 40.0 Å². The number of ether oxygens (including phenoxy) is 1. The number of H-pyrrole nitrogens is 1. The van der Waals surface area contributed by atoms with Gasteiger partial charge in [-0.1, -0.05) is 12.1 Å². The van der Waals surface area contributed by atoms with Crippen molar-refractivity contribution in [2.75, 3.05) is 13.1 Å². The summed E-state index contributed by atoms with van der Waals surface area (Å²) < 4.78 is 6.08. The summed E-state index contributed by atoms with van der Waals surface area (Å²) >= 11 is 0. The maximum absolute atomic E-state index is 11.5. The zero-order valence-corrected chi connectivity index (χ0v) is 15.3. The number of aromatic amines is 1. The summed E-state index contributed by atoms with van der Waals surface area (Å²) in [6.07, 6.45) is 2.72. The highest BCUT2D eigenvalue weighted by molar-refractivity contribution is 5.97. The van der Waals surface area contributed by atoms with Crippen LogP contribution in [0, 0.1) is 18.3 Å². The SMILES string of the molecule is CC(=O)N1CCC(Oc2ccc(-c3c[nH]c4c(C#N)cccc34)nc2C)C1. The molecule has 3 heterocycles. The molecular weight excluding hydrogens is 340 g/mol. The number of rotatable bonds is 3. The molecule has 1 aliphatic heterocycles. The molecule has 1 N–H and O–H groups in total. The Morgan fingerprint density at radius 2 is 2.22 bits per heavy atom. The summed E-state index contributed by atoms with van der Waals surface area (Å²) in [5.74, 6) is 0.828. The average molecular weight is 360 g/mol. The van der Waals surface area contributed by atoms with Crippen molar-refractivity contribution in [2.24, 2.45) is 0 Å². The fourth-order valence-corrected chi connectivity index (χ4v) is 3.57. The molecule has 6 heteroatoms. The minimum absolute atomic E-state index is 0.00604. The van der Waals surface area contributed by atoms with E-state index in [1.165, 1.54) is 0 Å². The van der Waals surface area contributed by atoms with Gasteiger partial charge in [0.1, 0.15) is 17.9 Å². The quantitative estimate of drug-likeness (QED) is 0.776. The van der Waals surface area contributed by atoms with E-state index < -0.39 is 0 Å². The van der Waals surface area contributed by atoms with Crippen LogP contribution in [0.2, 0.25) is 0 Å². The molecule has 2 aromatic heterocycles. The number of nitriles is 1. The first kappa shape index (κ1) is 17.1. The van der Waals surface area contributed by atoms with E-state index in [4.69, 9.17) is 9.72 Å². The number of likely N-dealkylation sites (tertiary alicyclic amines) is 1. The Morgan fingerprint density at radius 1 is 1.37 bits per heavy atom. The molecule has 0 radical (unpaired) electrons. The van der Waals surface area contributed by atoms with E-state index in [-0.39, 0.29) is 12.0 Å². The number of aryl methyl sites for hydroxylation is 1. The van der Waals surface area contributed by atoms with Crippen molar-refractivity contribution in [3.8, 4) is 23.1 Å². The van der Waals surface area contributed by atoms with E-state index >= 15 is 0 Å². The molecule has 1 atom stereocenters. The van der Waals surface area contributed by atoms with Gasteiger partial charge in [0.2, 0.25) is 5.91 Å². The van der Waals surface area contributed by atoms with E-state index in [9.17, 15) is 10.1 Å². The maximum Gasteiger partial charge on any atom is 0.219 e. The summed E-state index contributed by atoms with van der Waals surface area (Å²) in [6.45, 7) is 4.87. The summed E-state index contributed by atoms with van der Waals surface area (Å²) in [4.78, 5) is 21.2. The minimum atomic E-state index is 0.00604. The lowest BCUT2D eigenvalue weighted by Crippen LogP contribution is -2.28. The largest absolute Gasteiger partial charge is 0.487 e. The van der Waals surface area contributed by atoms with Crippen LogP contribution < -0.4 is 4.74 Å². The molecule has 4 rings (SSSR count). The van der Waals surface area contributed by atoms with E-state index in [1.807, 2.05) is 37.4 Å². The number of hydrogen-bond acceptors (Lipinski definition) is 4. The number of nitrogens with zero attached hydrogens (tertiary/aromatic N) is 3. The molecule has 0 bridgehead atoms. The fraction of sp³-hybridized carbons (Fsp3) is 0.286. The molecule has 1 aliphatic rings. The van der Waals surface area contributed by atoms with Gasteiger partial charge in [0.15, 0.2) is 0 Å². The number of hydrogen-bond donors (Lipinski definition) is 1. The Labute approximate surface area is 157 Å². The molecule has 1 aromatic carbocycles. The lowest BCUT2D eigenvalue weighted by atomic mass is 10.1. The molecule has 1 fully saturated rings. The van der Waals surface area contributed by atoms with Gasteiger partial charge in [0.25, 0.3) is 0 Å². The van der Waals surface area contributed by atoms with Gasteiger partial charge in [-0.25, -0.2) is 4.98 Å². The number of fused-ring (bicyclic) bond motifs is 1. The first-order chi connectivity index (χ1) is 13.1. The van der Waals surface area contributed by atoms with E-state index in [0.717, 1.165) is 46.6 Å². The van der Waals surface area contributed by atoms with Crippen LogP contribution in [0.1, 0.15) is 24.6 Å². The summed E-state index contributed by atoms with van der Waals surface area (Å²) in [6, 6.07) is 11.7. The third-order valence-electron chi connectivity index (χ3n) is 5.03. The van der Waals surface area contributed by atoms with Gasteiger partial charge in [-0.15, -0.1) is 0 Å². The molecular formula is C21H20N4O2. The number of carbonyl (C=O) groups excluding carboxylic acids is 1. The number of aromatic nitrogens is 2. The Hall–Kier alpha value is -3.33. The highest BCUT2D eigenvalue weighted by Gasteiger charge is 2.26. The number of pyridine rings is 1. The summed E-state index contributed by atoms with van der Waals surface area (Å²) in [5.41, 5.74) is 4.04.